The molecule has 0 saturated heterocycles. The highest BCUT2D eigenvalue weighted by atomic mass is 127. The van der Waals surface area contributed by atoms with Crippen molar-refractivity contribution in [2.75, 3.05) is 13.7 Å². The van der Waals surface area contributed by atoms with E-state index < -0.39 is 34.5 Å². The summed E-state index contributed by atoms with van der Waals surface area (Å²) in [5.74, 6) is -1.22. The molecule has 0 aliphatic heterocycles. The monoisotopic (exact) mass is 763 g/mol. The quantitative estimate of drug-likeness (QED) is 0.146. The molecule has 1 atom stereocenters. The zero-order valence-electron chi connectivity index (χ0n) is 19.9. The highest BCUT2D eigenvalue weighted by Crippen LogP contribution is 2.33. The number of carboxylic acids is 1. The van der Waals surface area contributed by atoms with Crippen LogP contribution in [0.4, 0.5) is 0 Å². The Morgan fingerprint density at radius 1 is 1.08 bits per heavy atom. The molecule has 0 fully saturated rings. The molecule has 0 unspecified atom stereocenters. The van der Waals surface area contributed by atoms with Crippen LogP contribution < -0.4 is 19.6 Å². The van der Waals surface area contributed by atoms with Gasteiger partial charge in [-0.05, 0) is 99.1 Å². The van der Waals surface area contributed by atoms with Crippen LogP contribution in [0.25, 0.3) is 0 Å². The number of carboxylic acid groups (broad SMARTS) is 1. The van der Waals surface area contributed by atoms with Gasteiger partial charge in [0, 0.05) is 3.57 Å². The molecule has 3 aromatic carbocycles. The Hall–Kier alpha value is -2.76. The smallest absolute Gasteiger partial charge is 0.341 e. The van der Waals surface area contributed by atoms with E-state index in [2.05, 4.69) is 37.8 Å². The van der Waals surface area contributed by atoms with Crippen LogP contribution in [0.2, 0.25) is 0 Å². The van der Waals surface area contributed by atoms with Crippen molar-refractivity contribution in [2.24, 2.45) is 5.10 Å². The highest BCUT2D eigenvalue weighted by Gasteiger charge is 2.26. The van der Waals surface area contributed by atoms with Crippen LogP contribution in [0.3, 0.4) is 0 Å². The number of nitrogens with one attached hydrogen (secondary N) is 2. The van der Waals surface area contributed by atoms with Crippen LogP contribution in [0.5, 0.6) is 11.5 Å². The van der Waals surface area contributed by atoms with Crippen molar-refractivity contribution in [2.45, 2.75) is 17.4 Å². The molecule has 3 rings (SSSR count). The fraction of sp³-hybridized carbons (Fsp3) is 0.160. The van der Waals surface area contributed by atoms with Crippen LogP contribution in [-0.4, -0.2) is 51.4 Å². The van der Waals surface area contributed by atoms with Gasteiger partial charge in [0.15, 0.2) is 18.1 Å². The summed E-state index contributed by atoms with van der Waals surface area (Å²) >= 11 is 4.04. The third-order valence-electron chi connectivity index (χ3n) is 5.00. The predicted molar refractivity (Wildman–Crippen MR) is 158 cm³/mol. The lowest BCUT2D eigenvalue weighted by Gasteiger charge is -2.17. The average Bonchev–Trinajstić information content (AvgIpc) is 2.88. The van der Waals surface area contributed by atoms with Gasteiger partial charge in [-0.25, -0.2) is 18.6 Å². The molecule has 3 aromatic rings. The molecule has 10 nitrogen and oxygen atoms in total. The van der Waals surface area contributed by atoms with Crippen molar-refractivity contribution in [3.8, 4) is 11.5 Å². The molecule has 0 aliphatic carbocycles. The number of ether oxygens (including phenoxy) is 2. The summed E-state index contributed by atoms with van der Waals surface area (Å²) in [7, 11) is -2.58. The number of hydrogen-bond donors (Lipinski definition) is 3. The van der Waals surface area contributed by atoms with Gasteiger partial charge in [0.25, 0.3) is 5.91 Å². The molecule has 200 valence electrons. The summed E-state index contributed by atoms with van der Waals surface area (Å²) < 4.78 is 40.5. The summed E-state index contributed by atoms with van der Waals surface area (Å²) in [5, 5.41) is 12.8. The average molecular weight is 763 g/mol. The Bertz CT molecular complexity index is 1420. The normalized spacial score (nSPS) is 12.2. The van der Waals surface area contributed by atoms with Crippen molar-refractivity contribution in [3.05, 3.63) is 85.0 Å². The van der Waals surface area contributed by atoms with E-state index in [0.29, 0.717) is 9.13 Å². The lowest BCUT2D eigenvalue weighted by molar-refractivity contribution is -0.139. The van der Waals surface area contributed by atoms with Crippen molar-refractivity contribution in [1.82, 2.24) is 10.1 Å². The van der Waals surface area contributed by atoms with Crippen LogP contribution in [0.15, 0.2) is 76.7 Å². The minimum Gasteiger partial charge on any atom is -0.493 e. The molecule has 0 radical (unpaired) electrons. The van der Waals surface area contributed by atoms with Gasteiger partial charge in [0.2, 0.25) is 10.0 Å². The Morgan fingerprint density at radius 2 is 1.76 bits per heavy atom. The number of hydrazone groups is 1. The van der Waals surface area contributed by atoms with Gasteiger partial charge >= 0.3 is 5.97 Å². The minimum atomic E-state index is -3.99. The Kier molecular flexibility index (Phi) is 10.9. The van der Waals surface area contributed by atoms with Gasteiger partial charge in [0.05, 0.1) is 21.8 Å². The number of carbonyl (C=O) groups is 2. The van der Waals surface area contributed by atoms with E-state index in [-0.39, 0.29) is 22.8 Å². The number of rotatable bonds is 12. The SMILES string of the molecule is COc1cc(/C=N\NC(=O)[C@H](Cc2ccccc2)NS(=O)(=O)c2ccc(I)cc2)cc(I)c1OCC(=O)O. The maximum atomic E-state index is 13.0. The molecule has 3 N–H and O–H groups in total. The predicted octanol–water partition coefficient (Wildman–Crippen LogP) is 3.41. The van der Waals surface area contributed by atoms with E-state index in [1.165, 1.54) is 25.5 Å². The van der Waals surface area contributed by atoms with Crippen molar-refractivity contribution in [3.63, 3.8) is 0 Å². The third-order valence-corrected chi connectivity index (χ3v) is 8.01. The zero-order chi connectivity index (χ0) is 27.7. The fourth-order valence-corrected chi connectivity index (χ4v) is 5.58. The van der Waals surface area contributed by atoms with E-state index in [0.717, 1.165) is 9.13 Å². The lowest BCUT2D eigenvalue weighted by atomic mass is 10.1. The highest BCUT2D eigenvalue weighted by molar-refractivity contribution is 14.1. The second-order valence-electron chi connectivity index (χ2n) is 7.77. The molecule has 0 heterocycles. The van der Waals surface area contributed by atoms with Crippen LogP contribution in [-0.2, 0) is 26.0 Å². The van der Waals surface area contributed by atoms with Crippen LogP contribution in [0, 0.1) is 7.14 Å². The van der Waals surface area contributed by atoms with Gasteiger partial charge in [-0.2, -0.15) is 9.82 Å². The van der Waals surface area contributed by atoms with Gasteiger partial charge in [-0.15, -0.1) is 0 Å². The topological polar surface area (TPSA) is 143 Å². The second-order valence-corrected chi connectivity index (χ2v) is 11.9. The van der Waals surface area contributed by atoms with Crippen LogP contribution >= 0.6 is 45.2 Å². The van der Waals surface area contributed by atoms with Crippen molar-refractivity contribution < 1.29 is 32.6 Å². The molecular weight excluding hydrogens is 740 g/mol. The number of nitrogens with zero attached hydrogens (tertiary/aromatic N) is 1. The van der Waals surface area contributed by atoms with E-state index in [1.807, 2.05) is 28.7 Å². The standard InChI is InChI=1S/C25H23I2N3O7S/c1-36-22-13-17(11-20(27)24(22)37-15-23(31)32)14-28-29-25(33)21(12-16-5-3-2-4-6-16)30-38(34,35)19-9-7-18(26)8-10-19/h2-11,13-14,21,30H,12,15H2,1H3,(H,29,33)(H,31,32)/b28-14-/t21-/m0/s1. The van der Waals surface area contributed by atoms with Gasteiger partial charge < -0.3 is 14.6 Å². The van der Waals surface area contributed by atoms with E-state index in [9.17, 15) is 18.0 Å². The molecule has 0 aliphatic rings. The summed E-state index contributed by atoms with van der Waals surface area (Å²) in [6.45, 7) is -0.531. The van der Waals surface area contributed by atoms with E-state index in [1.54, 1.807) is 48.5 Å². The first-order valence-electron chi connectivity index (χ1n) is 11.0. The molecular formula is C25H23I2N3O7S. The summed E-state index contributed by atoms with van der Waals surface area (Å²) in [6.07, 6.45) is 1.46. The van der Waals surface area contributed by atoms with Crippen LogP contribution in [0.1, 0.15) is 11.1 Å². The number of amides is 1. The fourth-order valence-electron chi connectivity index (χ4n) is 3.24. The third kappa shape index (κ3) is 8.64. The minimum absolute atomic E-state index is 0.0409. The summed E-state index contributed by atoms with van der Waals surface area (Å²) in [4.78, 5) is 23.9. The lowest BCUT2D eigenvalue weighted by Crippen LogP contribution is -2.46. The Labute approximate surface area is 247 Å². The van der Waals surface area contributed by atoms with Gasteiger partial charge in [-0.1, -0.05) is 30.3 Å². The number of aliphatic carboxylic acids is 1. The maximum absolute atomic E-state index is 13.0. The molecule has 13 heteroatoms. The Morgan fingerprint density at radius 3 is 2.39 bits per heavy atom. The first kappa shape index (κ1) is 29.8. The number of benzene rings is 3. The zero-order valence-corrected chi connectivity index (χ0v) is 25.1. The largest absolute Gasteiger partial charge is 0.493 e. The van der Waals surface area contributed by atoms with E-state index >= 15 is 0 Å². The maximum Gasteiger partial charge on any atom is 0.341 e. The number of methoxy groups -OCH3 is 1. The van der Waals surface area contributed by atoms with Gasteiger partial charge in [-0.3, -0.25) is 4.79 Å². The molecule has 0 bridgehead atoms. The van der Waals surface area contributed by atoms with Crippen molar-refractivity contribution >= 4 is 73.3 Å². The van der Waals surface area contributed by atoms with Crippen molar-refractivity contribution in [1.29, 1.82) is 0 Å². The first-order chi connectivity index (χ1) is 18.1. The molecule has 0 aromatic heterocycles. The van der Waals surface area contributed by atoms with E-state index in [4.69, 9.17) is 14.6 Å². The Balaban J connectivity index is 1.78. The summed E-state index contributed by atoms with van der Waals surface area (Å²) in [5.41, 5.74) is 3.69. The number of hydrogen-bond acceptors (Lipinski definition) is 7. The second kappa shape index (κ2) is 13.9. The number of carbonyl (C=O) groups excluding carboxylic acids is 1. The molecule has 0 spiro atoms. The first-order valence-corrected chi connectivity index (χ1v) is 14.6. The molecule has 1 amide bonds. The molecule has 0 saturated carbocycles. The molecule has 38 heavy (non-hydrogen) atoms. The van der Waals surface area contributed by atoms with Gasteiger partial charge in [0.1, 0.15) is 6.04 Å². The number of sulfonamides is 1. The number of halogens is 2. The summed E-state index contributed by atoms with van der Waals surface area (Å²) in [6, 6.07) is 17.4.